The minimum Gasteiger partial charge on any atom is -0.358 e. The quantitative estimate of drug-likeness (QED) is 0.502. The minimum atomic E-state index is -0.178. The lowest BCUT2D eigenvalue weighted by Crippen LogP contribution is -2.31. The van der Waals surface area contributed by atoms with E-state index in [2.05, 4.69) is 32.8 Å². The zero-order valence-corrected chi connectivity index (χ0v) is 16.8. The average Bonchev–Trinajstić information content (AvgIpc) is 3.26. The summed E-state index contributed by atoms with van der Waals surface area (Å²) in [6.07, 6.45) is 5.14. The summed E-state index contributed by atoms with van der Waals surface area (Å²) in [5.41, 5.74) is 3.92. The Morgan fingerprint density at radius 2 is 2.04 bits per heavy atom. The van der Waals surface area contributed by atoms with Crippen molar-refractivity contribution >= 4 is 34.2 Å². The largest absolute Gasteiger partial charge is 0.358 e. The fraction of sp³-hybridized carbons (Fsp3) is 0.286. The number of H-pyrrole nitrogens is 1. The number of benzene rings is 1. The first kappa shape index (κ1) is 18.6. The van der Waals surface area contributed by atoms with Gasteiger partial charge in [0.1, 0.15) is 0 Å². The normalized spacial score (nSPS) is 12.5. The van der Waals surface area contributed by atoms with Crippen LogP contribution < -0.4 is 5.32 Å². The highest BCUT2D eigenvalue weighted by molar-refractivity contribution is 7.98. The molecule has 1 atom stereocenters. The van der Waals surface area contributed by atoms with Gasteiger partial charge >= 0.3 is 0 Å². The van der Waals surface area contributed by atoms with Crippen LogP contribution in [0.4, 0.5) is 0 Å². The number of para-hydroxylation sites is 1. The highest BCUT2D eigenvalue weighted by Gasteiger charge is 2.21. The van der Waals surface area contributed by atoms with E-state index < -0.39 is 0 Å². The summed E-state index contributed by atoms with van der Waals surface area (Å²) in [5, 5.41) is 12.9. The average molecular weight is 394 g/mol. The van der Waals surface area contributed by atoms with Crippen LogP contribution in [0.1, 0.15) is 29.5 Å². The maximum Gasteiger partial charge on any atom is 0.225 e. The SMILES string of the molecule is CSCC[C@H](NC(=O)Cc1c(C)[nH]c2ccccc12)c1nnc2ccccn12. The van der Waals surface area contributed by atoms with Crippen LogP contribution >= 0.6 is 11.8 Å². The van der Waals surface area contributed by atoms with E-state index in [1.807, 2.05) is 53.9 Å². The Hall–Kier alpha value is -2.80. The first-order valence-electron chi connectivity index (χ1n) is 9.31. The molecule has 0 aliphatic carbocycles. The van der Waals surface area contributed by atoms with Gasteiger partial charge in [-0.1, -0.05) is 24.3 Å². The second-order valence-corrected chi connectivity index (χ2v) is 7.83. The van der Waals surface area contributed by atoms with Gasteiger partial charge in [-0.3, -0.25) is 9.20 Å². The molecule has 0 saturated carbocycles. The standard InChI is InChI=1S/C21H23N5OS/c1-14-16(15-7-3-4-8-17(15)22-14)13-20(27)23-18(10-12-28-2)21-25-24-19-9-5-6-11-26(19)21/h3-9,11,18,22H,10,12-13H2,1-2H3,(H,23,27)/t18-/m0/s1. The first-order valence-corrected chi connectivity index (χ1v) is 10.7. The molecule has 0 saturated heterocycles. The zero-order valence-electron chi connectivity index (χ0n) is 16.0. The third kappa shape index (κ3) is 3.62. The van der Waals surface area contributed by atoms with E-state index in [0.717, 1.165) is 45.8 Å². The van der Waals surface area contributed by atoms with E-state index in [4.69, 9.17) is 0 Å². The van der Waals surface area contributed by atoms with Gasteiger partial charge in [0.25, 0.3) is 0 Å². The molecule has 1 aromatic carbocycles. The van der Waals surface area contributed by atoms with E-state index >= 15 is 0 Å². The number of hydrogen-bond acceptors (Lipinski definition) is 4. The molecule has 0 spiro atoms. The molecule has 0 aliphatic heterocycles. The molecule has 4 rings (SSSR count). The minimum absolute atomic E-state index is 0.00774. The number of aryl methyl sites for hydroxylation is 1. The fourth-order valence-electron chi connectivity index (χ4n) is 3.57. The number of carbonyl (C=O) groups excluding carboxylic acids is 1. The Morgan fingerprint density at radius 1 is 1.21 bits per heavy atom. The van der Waals surface area contributed by atoms with Crippen LogP contribution in [0.25, 0.3) is 16.6 Å². The van der Waals surface area contributed by atoms with Gasteiger partial charge < -0.3 is 10.3 Å². The van der Waals surface area contributed by atoms with Crippen LogP contribution in [0.15, 0.2) is 48.7 Å². The molecule has 144 valence electrons. The van der Waals surface area contributed by atoms with Gasteiger partial charge in [-0.05, 0) is 49.1 Å². The summed E-state index contributed by atoms with van der Waals surface area (Å²) < 4.78 is 1.95. The van der Waals surface area contributed by atoms with Crippen molar-refractivity contribution in [1.82, 2.24) is 24.9 Å². The van der Waals surface area contributed by atoms with Gasteiger partial charge in [-0.15, -0.1) is 10.2 Å². The molecule has 3 heterocycles. The molecule has 6 nitrogen and oxygen atoms in total. The van der Waals surface area contributed by atoms with Gasteiger partial charge in [0.05, 0.1) is 12.5 Å². The van der Waals surface area contributed by atoms with Crippen molar-refractivity contribution in [2.45, 2.75) is 25.8 Å². The molecule has 0 aliphatic rings. The van der Waals surface area contributed by atoms with E-state index in [0.29, 0.717) is 6.42 Å². The van der Waals surface area contributed by atoms with E-state index in [1.165, 1.54) is 0 Å². The van der Waals surface area contributed by atoms with Crippen LogP contribution in [-0.2, 0) is 11.2 Å². The molecular formula is C21H23N5OS. The number of carbonyl (C=O) groups is 1. The summed E-state index contributed by atoms with van der Waals surface area (Å²) in [4.78, 5) is 16.3. The summed E-state index contributed by atoms with van der Waals surface area (Å²) in [6, 6.07) is 13.7. The number of hydrogen-bond donors (Lipinski definition) is 2. The van der Waals surface area contributed by atoms with Crippen molar-refractivity contribution < 1.29 is 4.79 Å². The number of rotatable bonds is 7. The van der Waals surface area contributed by atoms with Gasteiger partial charge in [-0.25, -0.2) is 0 Å². The maximum absolute atomic E-state index is 12.9. The van der Waals surface area contributed by atoms with Gasteiger partial charge in [-0.2, -0.15) is 11.8 Å². The Balaban J connectivity index is 1.58. The second kappa shape index (κ2) is 8.06. The monoisotopic (exact) mass is 393 g/mol. The number of nitrogens with one attached hydrogen (secondary N) is 2. The smallest absolute Gasteiger partial charge is 0.225 e. The van der Waals surface area contributed by atoms with Crippen LogP contribution in [0, 0.1) is 6.92 Å². The predicted octanol–water partition coefficient (Wildman–Crippen LogP) is 3.67. The Kier molecular flexibility index (Phi) is 5.34. The lowest BCUT2D eigenvalue weighted by atomic mass is 10.1. The summed E-state index contributed by atoms with van der Waals surface area (Å²) in [5.74, 6) is 1.69. The van der Waals surface area contributed by atoms with Crippen molar-refractivity contribution in [2.24, 2.45) is 0 Å². The molecule has 3 aromatic heterocycles. The highest BCUT2D eigenvalue weighted by atomic mass is 32.2. The molecule has 0 bridgehead atoms. The maximum atomic E-state index is 12.9. The van der Waals surface area contributed by atoms with Crippen molar-refractivity contribution in [3.8, 4) is 0 Å². The summed E-state index contributed by atoms with van der Waals surface area (Å²) in [7, 11) is 0. The van der Waals surface area contributed by atoms with Gasteiger partial charge in [0.15, 0.2) is 11.5 Å². The Bertz CT molecular complexity index is 1120. The van der Waals surface area contributed by atoms with Crippen molar-refractivity contribution in [3.63, 3.8) is 0 Å². The van der Waals surface area contributed by atoms with Crippen molar-refractivity contribution in [2.75, 3.05) is 12.0 Å². The van der Waals surface area contributed by atoms with Crippen LogP contribution in [0.3, 0.4) is 0 Å². The second-order valence-electron chi connectivity index (χ2n) is 6.84. The van der Waals surface area contributed by atoms with Crippen LogP contribution in [0.5, 0.6) is 0 Å². The van der Waals surface area contributed by atoms with Gasteiger partial charge in [0.2, 0.25) is 5.91 Å². The third-order valence-corrected chi connectivity index (χ3v) is 5.61. The highest BCUT2D eigenvalue weighted by Crippen LogP contribution is 2.23. The number of aromatic nitrogens is 4. The molecular weight excluding hydrogens is 370 g/mol. The molecule has 4 aromatic rings. The first-order chi connectivity index (χ1) is 13.7. The molecule has 0 unspecified atom stereocenters. The molecule has 0 fully saturated rings. The fourth-order valence-corrected chi connectivity index (χ4v) is 4.04. The Morgan fingerprint density at radius 3 is 2.89 bits per heavy atom. The van der Waals surface area contributed by atoms with Crippen LogP contribution in [-0.4, -0.2) is 37.5 Å². The molecule has 0 radical (unpaired) electrons. The molecule has 1 amide bonds. The lowest BCUT2D eigenvalue weighted by molar-refractivity contribution is -0.121. The van der Waals surface area contributed by atoms with E-state index in [9.17, 15) is 4.79 Å². The lowest BCUT2D eigenvalue weighted by Gasteiger charge is -2.17. The predicted molar refractivity (Wildman–Crippen MR) is 114 cm³/mol. The molecule has 28 heavy (non-hydrogen) atoms. The number of nitrogens with zero attached hydrogens (tertiary/aromatic N) is 3. The summed E-state index contributed by atoms with van der Waals surface area (Å²) in [6.45, 7) is 2.01. The van der Waals surface area contributed by atoms with Crippen molar-refractivity contribution in [3.05, 3.63) is 65.7 Å². The number of pyridine rings is 1. The number of fused-ring (bicyclic) bond motifs is 2. The zero-order chi connectivity index (χ0) is 19.5. The number of thioether (sulfide) groups is 1. The summed E-state index contributed by atoms with van der Waals surface area (Å²) >= 11 is 1.76. The van der Waals surface area contributed by atoms with Gasteiger partial charge in [0, 0.05) is 22.8 Å². The van der Waals surface area contributed by atoms with Crippen LogP contribution in [0.2, 0.25) is 0 Å². The van der Waals surface area contributed by atoms with Crippen molar-refractivity contribution in [1.29, 1.82) is 0 Å². The third-order valence-electron chi connectivity index (χ3n) is 4.96. The van der Waals surface area contributed by atoms with E-state index in [1.54, 1.807) is 11.8 Å². The van der Waals surface area contributed by atoms with E-state index in [-0.39, 0.29) is 11.9 Å². The number of amides is 1. The number of aromatic amines is 1. The molecule has 2 N–H and O–H groups in total. The Labute approximate surface area is 167 Å². The molecule has 7 heteroatoms. The topological polar surface area (TPSA) is 75.1 Å².